The Morgan fingerprint density at radius 1 is 1.38 bits per heavy atom. The fourth-order valence-electron chi connectivity index (χ4n) is 1.77. The molecule has 0 fully saturated rings. The van der Waals surface area contributed by atoms with Crippen molar-refractivity contribution in [3.05, 3.63) is 29.5 Å². The maximum atomic E-state index is 11.7. The first kappa shape index (κ1) is 10.7. The van der Waals surface area contributed by atoms with E-state index in [0.29, 0.717) is 23.0 Å². The minimum absolute atomic E-state index is 0.0634. The number of carbonyl (C=O) groups excluding carboxylic acids is 1. The Kier molecular flexibility index (Phi) is 2.69. The molecule has 0 bridgehead atoms. The highest BCUT2D eigenvalue weighted by molar-refractivity contribution is 6.08. The van der Waals surface area contributed by atoms with E-state index in [1.165, 1.54) is 6.07 Å². The van der Waals surface area contributed by atoms with Crippen LogP contribution in [0.4, 0.5) is 0 Å². The fourth-order valence-corrected chi connectivity index (χ4v) is 1.77. The fraction of sp³-hybridized carbons (Fsp3) is 0.308. The standard InChI is InChI=1S/C13H14O3/c1-3-8-7-10-9(11(14)4-2)5-6-12(15)13(10)16-8/h5-7,15H,3-4H2,1-2H3. The number of phenolic OH excluding ortho intramolecular Hbond substituents is 1. The number of Topliss-reactive ketones (excluding diaryl/α,β-unsaturated/α-hetero) is 1. The van der Waals surface area contributed by atoms with Gasteiger partial charge in [-0.25, -0.2) is 0 Å². The van der Waals surface area contributed by atoms with E-state index in [2.05, 4.69) is 0 Å². The smallest absolute Gasteiger partial charge is 0.176 e. The van der Waals surface area contributed by atoms with Gasteiger partial charge in [0.1, 0.15) is 5.76 Å². The molecule has 16 heavy (non-hydrogen) atoms. The largest absolute Gasteiger partial charge is 0.504 e. The summed E-state index contributed by atoms with van der Waals surface area (Å²) in [5.41, 5.74) is 1.04. The zero-order chi connectivity index (χ0) is 11.7. The third kappa shape index (κ3) is 1.58. The zero-order valence-corrected chi connectivity index (χ0v) is 9.41. The van der Waals surface area contributed by atoms with Gasteiger partial charge in [0.25, 0.3) is 0 Å². The first-order valence-corrected chi connectivity index (χ1v) is 5.45. The number of benzene rings is 1. The predicted molar refractivity (Wildman–Crippen MR) is 61.9 cm³/mol. The van der Waals surface area contributed by atoms with Crippen LogP contribution in [0, 0.1) is 0 Å². The van der Waals surface area contributed by atoms with Crippen LogP contribution in [0.25, 0.3) is 11.0 Å². The van der Waals surface area contributed by atoms with Gasteiger partial charge in [0.2, 0.25) is 0 Å². The topological polar surface area (TPSA) is 50.4 Å². The molecule has 0 saturated carbocycles. The Bertz CT molecular complexity index is 537. The first-order valence-electron chi connectivity index (χ1n) is 5.45. The van der Waals surface area contributed by atoms with Gasteiger partial charge in [-0.05, 0) is 18.2 Å². The molecule has 84 valence electrons. The van der Waals surface area contributed by atoms with Crippen LogP contribution in [0.3, 0.4) is 0 Å². The molecule has 2 rings (SSSR count). The van der Waals surface area contributed by atoms with E-state index in [-0.39, 0.29) is 11.5 Å². The van der Waals surface area contributed by atoms with Gasteiger partial charge in [-0.15, -0.1) is 0 Å². The molecular weight excluding hydrogens is 204 g/mol. The lowest BCUT2D eigenvalue weighted by atomic mass is 10.0. The maximum absolute atomic E-state index is 11.7. The highest BCUT2D eigenvalue weighted by Crippen LogP contribution is 2.31. The van der Waals surface area contributed by atoms with Gasteiger partial charge in [-0.3, -0.25) is 4.79 Å². The summed E-state index contributed by atoms with van der Waals surface area (Å²) in [7, 11) is 0. The molecule has 3 nitrogen and oxygen atoms in total. The van der Waals surface area contributed by atoms with Gasteiger partial charge in [0.15, 0.2) is 17.1 Å². The second-order valence-electron chi connectivity index (χ2n) is 3.72. The Morgan fingerprint density at radius 3 is 2.75 bits per heavy atom. The molecule has 3 heteroatoms. The van der Waals surface area contributed by atoms with Crippen LogP contribution in [0.5, 0.6) is 5.75 Å². The highest BCUT2D eigenvalue weighted by atomic mass is 16.4. The summed E-state index contributed by atoms with van der Waals surface area (Å²) in [4.78, 5) is 11.7. The average molecular weight is 218 g/mol. The minimum Gasteiger partial charge on any atom is -0.504 e. The van der Waals surface area contributed by atoms with Crippen molar-refractivity contribution in [2.75, 3.05) is 0 Å². The van der Waals surface area contributed by atoms with Gasteiger partial charge in [-0.1, -0.05) is 13.8 Å². The molecule has 0 amide bonds. The molecule has 0 aliphatic rings. The van der Waals surface area contributed by atoms with Crippen molar-refractivity contribution < 1.29 is 14.3 Å². The van der Waals surface area contributed by atoms with Crippen molar-refractivity contribution in [1.29, 1.82) is 0 Å². The van der Waals surface area contributed by atoms with Gasteiger partial charge in [0, 0.05) is 23.8 Å². The molecule has 0 saturated heterocycles. The molecular formula is C13H14O3. The number of carbonyl (C=O) groups is 1. The first-order chi connectivity index (χ1) is 7.67. The third-order valence-electron chi connectivity index (χ3n) is 2.68. The van der Waals surface area contributed by atoms with Crippen LogP contribution in [0.2, 0.25) is 0 Å². The zero-order valence-electron chi connectivity index (χ0n) is 9.41. The molecule has 0 aliphatic carbocycles. The Balaban J connectivity index is 2.72. The molecule has 2 aromatic rings. The van der Waals surface area contributed by atoms with Gasteiger partial charge in [0.05, 0.1) is 0 Å². The quantitative estimate of drug-likeness (QED) is 0.804. The number of aryl methyl sites for hydroxylation is 1. The van der Waals surface area contributed by atoms with Gasteiger partial charge in [-0.2, -0.15) is 0 Å². The molecule has 1 aromatic carbocycles. The van der Waals surface area contributed by atoms with Gasteiger partial charge < -0.3 is 9.52 Å². The molecule has 1 N–H and O–H groups in total. The number of fused-ring (bicyclic) bond motifs is 1. The number of rotatable bonds is 3. The van der Waals surface area contributed by atoms with Crippen molar-refractivity contribution >= 4 is 16.8 Å². The summed E-state index contributed by atoms with van der Waals surface area (Å²) in [6, 6.07) is 4.99. The van der Waals surface area contributed by atoms with Crippen molar-refractivity contribution in [3.63, 3.8) is 0 Å². The lowest BCUT2D eigenvalue weighted by Gasteiger charge is -2.00. The summed E-state index contributed by atoms with van der Waals surface area (Å²) in [5, 5.41) is 10.4. The van der Waals surface area contributed by atoms with Crippen LogP contribution in [0.1, 0.15) is 36.4 Å². The Morgan fingerprint density at radius 2 is 2.12 bits per heavy atom. The van der Waals surface area contributed by atoms with E-state index in [1.807, 2.05) is 19.9 Å². The third-order valence-corrected chi connectivity index (χ3v) is 2.68. The Labute approximate surface area is 93.7 Å². The van der Waals surface area contributed by atoms with Crippen LogP contribution in [0.15, 0.2) is 22.6 Å². The number of hydrogen-bond acceptors (Lipinski definition) is 3. The summed E-state index contributed by atoms with van der Waals surface area (Å²) in [5.74, 6) is 0.928. The average Bonchev–Trinajstić information content (AvgIpc) is 2.73. The maximum Gasteiger partial charge on any atom is 0.176 e. The van der Waals surface area contributed by atoms with Crippen molar-refractivity contribution in [1.82, 2.24) is 0 Å². The summed E-state index contributed by atoms with van der Waals surface area (Å²) in [6.07, 6.45) is 1.19. The van der Waals surface area contributed by atoms with Crippen molar-refractivity contribution in [3.8, 4) is 5.75 Å². The van der Waals surface area contributed by atoms with E-state index >= 15 is 0 Å². The number of hydrogen-bond donors (Lipinski definition) is 1. The predicted octanol–water partition coefficient (Wildman–Crippen LogP) is 3.29. The second kappa shape index (κ2) is 4.00. The monoisotopic (exact) mass is 218 g/mol. The number of phenols is 1. The Hall–Kier alpha value is -1.77. The summed E-state index contributed by atoms with van der Waals surface area (Å²) >= 11 is 0. The van der Waals surface area contributed by atoms with Crippen LogP contribution in [-0.2, 0) is 6.42 Å². The van der Waals surface area contributed by atoms with E-state index < -0.39 is 0 Å². The molecule has 0 radical (unpaired) electrons. The normalized spacial score (nSPS) is 10.9. The lowest BCUT2D eigenvalue weighted by Crippen LogP contribution is -1.96. The van der Waals surface area contributed by atoms with Gasteiger partial charge >= 0.3 is 0 Å². The molecule has 0 spiro atoms. The van der Waals surface area contributed by atoms with Crippen molar-refractivity contribution in [2.24, 2.45) is 0 Å². The number of ketones is 1. The second-order valence-corrected chi connectivity index (χ2v) is 3.72. The SMILES string of the molecule is CCC(=O)c1ccc(O)c2oc(CC)cc12. The van der Waals surface area contributed by atoms with Crippen molar-refractivity contribution in [2.45, 2.75) is 26.7 Å². The number of furan rings is 1. The molecule has 0 aliphatic heterocycles. The molecule has 0 unspecified atom stereocenters. The molecule has 1 aromatic heterocycles. The molecule has 1 heterocycles. The minimum atomic E-state index is 0.0634. The van der Waals surface area contributed by atoms with E-state index in [4.69, 9.17) is 4.42 Å². The van der Waals surface area contributed by atoms with E-state index in [9.17, 15) is 9.90 Å². The summed E-state index contributed by atoms with van der Waals surface area (Å²) < 4.78 is 5.48. The molecule has 0 atom stereocenters. The number of aromatic hydroxyl groups is 1. The van der Waals surface area contributed by atoms with E-state index in [0.717, 1.165) is 12.2 Å². The highest BCUT2D eigenvalue weighted by Gasteiger charge is 2.14. The van der Waals surface area contributed by atoms with E-state index in [1.54, 1.807) is 6.07 Å². The van der Waals surface area contributed by atoms with Crippen LogP contribution in [-0.4, -0.2) is 10.9 Å². The lowest BCUT2D eigenvalue weighted by molar-refractivity contribution is 0.0989. The van der Waals surface area contributed by atoms with Crippen LogP contribution >= 0.6 is 0 Å². The van der Waals surface area contributed by atoms with Crippen LogP contribution < -0.4 is 0 Å². The summed E-state index contributed by atoms with van der Waals surface area (Å²) in [6.45, 7) is 3.79.